The largest absolute Gasteiger partial charge is 0.486 e. The van der Waals surface area contributed by atoms with Crippen molar-refractivity contribution >= 4 is 0 Å². The Bertz CT molecular complexity index is 58.6. The maximum atomic E-state index is 4.76. The predicted molar refractivity (Wildman–Crippen MR) is 27.3 cm³/mol. The molecule has 0 saturated carbocycles. The highest BCUT2D eigenvalue weighted by atomic mass is 16.5. The molecule has 1 aliphatic rings. The average molecular weight is 96.1 g/mol. The molecule has 1 heteroatoms. The minimum absolute atomic E-state index is 0.965. The lowest BCUT2D eigenvalue weighted by Gasteiger charge is -1.87. The summed E-state index contributed by atoms with van der Waals surface area (Å²) in [5.74, 6) is 0. The number of hydrogen-bond acceptors (Lipinski definition) is 1. The van der Waals surface area contributed by atoms with E-state index in [1.807, 2.05) is 6.08 Å². The van der Waals surface area contributed by atoms with Gasteiger partial charge in [0, 0.05) is 0 Å². The summed E-state index contributed by atoms with van der Waals surface area (Å²) in [7, 11) is 0. The third-order valence-corrected chi connectivity index (χ3v) is 0.897. The Morgan fingerprint density at radius 3 is 3.57 bits per heavy atom. The molecule has 0 unspecified atom stereocenters. The van der Waals surface area contributed by atoms with Crippen LogP contribution in [0, 0.1) is 6.61 Å². The molecule has 0 saturated heterocycles. The van der Waals surface area contributed by atoms with Gasteiger partial charge in [0.25, 0.3) is 0 Å². The van der Waals surface area contributed by atoms with Crippen LogP contribution in [-0.4, -0.2) is 0 Å². The molecule has 7 heavy (non-hydrogen) atoms. The van der Waals surface area contributed by atoms with Crippen molar-refractivity contribution in [1.82, 2.24) is 0 Å². The summed E-state index contributed by atoms with van der Waals surface area (Å²) in [6.07, 6.45) is 6.98. The average Bonchev–Trinajstić information content (AvgIpc) is 1.90. The van der Waals surface area contributed by atoms with Crippen LogP contribution in [-0.2, 0) is 4.74 Å². The Balaban J connectivity index is 2.20. The molecule has 0 spiro atoms. The smallest absolute Gasteiger partial charge is 0.195 e. The van der Waals surface area contributed by atoms with Crippen molar-refractivity contribution in [3.63, 3.8) is 0 Å². The molecule has 0 N–H and O–H groups in total. The van der Waals surface area contributed by atoms with Crippen LogP contribution in [0.4, 0.5) is 0 Å². The lowest BCUT2D eigenvalue weighted by Crippen LogP contribution is -1.72. The summed E-state index contributed by atoms with van der Waals surface area (Å²) in [5, 5.41) is 0. The molecule has 1 nitrogen and oxygen atoms in total. The Morgan fingerprint density at radius 2 is 2.57 bits per heavy atom. The molecule has 0 aromatic rings. The minimum atomic E-state index is 0.965. The topological polar surface area (TPSA) is 9.23 Å². The van der Waals surface area contributed by atoms with Crippen molar-refractivity contribution in [2.45, 2.75) is 19.3 Å². The van der Waals surface area contributed by atoms with Crippen molar-refractivity contribution in [2.75, 3.05) is 0 Å². The van der Waals surface area contributed by atoms with Gasteiger partial charge in [-0.05, 0) is 25.3 Å². The quantitative estimate of drug-likeness (QED) is 0.446. The van der Waals surface area contributed by atoms with Crippen LogP contribution in [0.25, 0.3) is 0 Å². The third-order valence-electron chi connectivity index (χ3n) is 0.897. The third kappa shape index (κ3) is 1.62. The Morgan fingerprint density at radius 1 is 1.57 bits per heavy atom. The zero-order valence-corrected chi connectivity index (χ0v) is 4.18. The second kappa shape index (κ2) is 2.67. The van der Waals surface area contributed by atoms with Gasteiger partial charge in [0.2, 0.25) is 0 Å². The van der Waals surface area contributed by atoms with E-state index in [1.54, 1.807) is 6.26 Å². The summed E-state index contributed by atoms with van der Waals surface area (Å²) in [5.41, 5.74) is 0. The standard InChI is InChI=1S/C6H8O/c1-2-4-6-7-5-3-1/h3,5H,1-2,4H2. The lowest BCUT2D eigenvalue weighted by molar-refractivity contribution is 0.326. The predicted octanol–water partition coefficient (Wildman–Crippen LogP) is 1.74. The van der Waals surface area contributed by atoms with Gasteiger partial charge in [0.15, 0.2) is 6.61 Å². The molecule has 38 valence electrons. The van der Waals surface area contributed by atoms with Crippen LogP contribution >= 0.6 is 0 Å². The van der Waals surface area contributed by atoms with Gasteiger partial charge in [-0.2, -0.15) is 0 Å². The first-order chi connectivity index (χ1) is 3.50. The van der Waals surface area contributed by atoms with Gasteiger partial charge in [-0.25, -0.2) is 0 Å². The van der Waals surface area contributed by atoms with Crippen molar-refractivity contribution in [3.8, 4) is 0 Å². The summed E-state index contributed by atoms with van der Waals surface area (Å²) in [6, 6.07) is 0. The molecule has 0 atom stereocenters. The first-order valence-electron chi connectivity index (χ1n) is 2.53. The summed E-state index contributed by atoms with van der Waals surface area (Å²) >= 11 is 0. The number of allylic oxidation sites excluding steroid dienone is 1. The first kappa shape index (κ1) is 4.69. The summed E-state index contributed by atoms with van der Waals surface area (Å²) in [6.45, 7) is 2.76. The van der Waals surface area contributed by atoms with Crippen LogP contribution in [0.1, 0.15) is 19.3 Å². The van der Waals surface area contributed by atoms with Gasteiger partial charge in [-0.1, -0.05) is 0 Å². The molecule has 0 aromatic carbocycles. The van der Waals surface area contributed by atoms with Crippen LogP contribution in [0.5, 0.6) is 0 Å². The fourth-order valence-electron chi connectivity index (χ4n) is 0.515. The van der Waals surface area contributed by atoms with Gasteiger partial charge >= 0.3 is 0 Å². The van der Waals surface area contributed by atoms with Gasteiger partial charge in [0.05, 0.1) is 6.26 Å². The minimum Gasteiger partial charge on any atom is -0.486 e. The monoisotopic (exact) mass is 96.1 g/mol. The zero-order valence-electron chi connectivity index (χ0n) is 4.18. The van der Waals surface area contributed by atoms with Gasteiger partial charge < -0.3 is 4.74 Å². The number of hydrogen-bond donors (Lipinski definition) is 0. The normalized spacial score (nSPS) is 20.6. The number of rotatable bonds is 0. The molecule has 0 aromatic heterocycles. The molecule has 2 radical (unpaired) electrons. The fraction of sp³-hybridized carbons (Fsp3) is 0.500. The number of ether oxygens (including phenoxy) is 1. The van der Waals surface area contributed by atoms with Crippen molar-refractivity contribution in [1.29, 1.82) is 0 Å². The second-order valence-electron chi connectivity index (χ2n) is 1.53. The summed E-state index contributed by atoms with van der Waals surface area (Å²) < 4.78 is 4.76. The van der Waals surface area contributed by atoms with Gasteiger partial charge in [-0.15, -0.1) is 0 Å². The maximum Gasteiger partial charge on any atom is 0.195 e. The van der Waals surface area contributed by atoms with E-state index < -0.39 is 0 Å². The van der Waals surface area contributed by atoms with Crippen LogP contribution in [0.3, 0.4) is 0 Å². The van der Waals surface area contributed by atoms with E-state index in [0.717, 1.165) is 12.8 Å². The van der Waals surface area contributed by atoms with E-state index in [2.05, 4.69) is 6.61 Å². The molecule has 0 aliphatic carbocycles. The molecular formula is C6H8O. The Hall–Kier alpha value is -0.460. The Labute approximate surface area is 44.0 Å². The Kier molecular flexibility index (Phi) is 1.79. The molecule has 1 aliphatic heterocycles. The zero-order chi connectivity index (χ0) is 4.95. The van der Waals surface area contributed by atoms with E-state index in [0.29, 0.717) is 0 Å². The van der Waals surface area contributed by atoms with Crippen molar-refractivity contribution < 1.29 is 4.74 Å². The highest BCUT2D eigenvalue weighted by molar-refractivity contribution is 4.78. The van der Waals surface area contributed by atoms with Gasteiger partial charge in [-0.3, -0.25) is 0 Å². The molecule has 0 amide bonds. The highest BCUT2D eigenvalue weighted by Crippen LogP contribution is 2.05. The van der Waals surface area contributed by atoms with E-state index in [4.69, 9.17) is 4.74 Å². The van der Waals surface area contributed by atoms with E-state index in [-0.39, 0.29) is 0 Å². The molecule has 1 heterocycles. The molecule has 0 bridgehead atoms. The van der Waals surface area contributed by atoms with Crippen LogP contribution < -0.4 is 0 Å². The SMILES string of the molecule is [C]1CCCC=CO1. The van der Waals surface area contributed by atoms with E-state index >= 15 is 0 Å². The highest BCUT2D eigenvalue weighted by Gasteiger charge is 1.91. The maximum absolute atomic E-state index is 4.76. The second-order valence-corrected chi connectivity index (χ2v) is 1.53. The lowest BCUT2D eigenvalue weighted by atomic mass is 10.2. The van der Waals surface area contributed by atoms with Crippen molar-refractivity contribution in [2.24, 2.45) is 0 Å². The molecule has 1 rings (SSSR count). The van der Waals surface area contributed by atoms with Gasteiger partial charge in [0.1, 0.15) is 0 Å². The molecular weight excluding hydrogens is 88.1 g/mol. The van der Waals surface area contributed by atoms with E-state index in [9.17, 15) is 0 Å². The fourth-order valence-corrected chi connectivity index (χ4v) is 0.515. The van der Waals surface area contributed by atoms with Crippen LogP contribution in [0.15, 0.2) is 12.3 Å². The van der Waals surface area contributed by atoms with Crippen molar-refractivity contribution in [3.05, 3.63) is 18.9 Å². The first-order valence-corrected chi connectivity index (χ1v) is 2.53. The van der Waals surface area contributed by atoms with E-state index in [1.165, 1.54) is 6.42 Å². The molecule has 0 fully saturated rings. The summed E-state index contributed by atoms with van der Waals surface area (Å²) in [4.78, 5) is 0. The van der Waals surface area contributed by atoms with Crippen LogP contribution in [0.2, 0.25) is 0 Å².